The molecule has 0 aliphatic rings. The van der Waals surface area contributed by atoms with Crippen LogP contribution in [0.4, 0.5) is 4.79 Å². The molecule has 0 saturated heterocycles. The number of hydroxylamine groups is 2. The fraction of sp³-hybridized carbons (Fsp3) is 0.111. The second-order valence-electron chi connectivity index (χ2n) is 2.83. The Morgan fingerprint density at radius 2 is 1.80 bits per heavy atom. The molecule has 0 heterocycles. The largest absolute Gasteiger partial charge is 0.479 e. The van der Waals surface area contributed by atoms with E-state index < -0.39 is 18.0 Å². The van der Waals surface area contributed by atoms with Crippen LogP contribution >= 0.6 is 0 Å². The third-order valence-electron chi connectivity index (χ3n) is 1.82. The number of hydrogen-bond donors (Lipinski definition) is 3. The van der Waals surface area contributed by atoms with Gasteiger partial charge < -0.3 is 10.8 Å². The summed E-state index contributed by atoms with van der Waals surface area (Å²) in [5.74, 6) is -1.36. The first-order valence-corrected chi connectivity index (χ1v) is 4.09. The van der Waals surface area contributed by atoms with E-state index in [0.29, 0.717) is 0 Å². The van der Waals surface area contributed by atoms with Crippen molar-refractivity contribution in [2.24, 2.45) is 5.73 Å². The van der Waals surface area contributed by atoms with Crippen LogP contribution in [0, 0.1) is 0 Å². The molecule has 0 unspecified atom stereocenters. The first kappa shape index (κ1) is 11.0. The number of rotatable bonds is 3. The molecule has 0 radical (unpaired) electrons. The molecule has 6 nitrogen and oxygen atoms in total. The smallest absolute Gasteiger partial charge is 0.339 e. The average Bonchev–Trinajstić information content (AvgIpc) is 2.18. The molecule has 0 bridgehead atoms. The maximum absolute atomic E-state index is 10.8. The van der Waals surface area contributed by atoms with Crippen LogP contribution in [-0.4, -0.2) is 27.4 Å². The summed E-state index contributed by atoms with van der Waals surface area (Å²) in [5, 5.41) is 18.0. The van der Waals surface area contributed by atoms with Gasteiger partial charge in [-0.3, -0.25) is 5.21 Å². The van der Waals surface area contributed by atoms with Gasteiger partial charge in [0.25, 0.3) is 0 Å². The van der Waals surface area contributed by atoms with Crippen LogP contribution < -0.4 is 5.73 Å². The van der Waals surface area contributed by atoms with Gasteiger partial charge in [-0.15, -0.1) is 0 Å². The summed E-state index contributed by atoms with van der Waals surface area (Å²) in [5.41, 5.74) is 5.06. The van der Waals surface area contributed by atoms with E-state index in [1.165, 1.54) is 12.1 Å². The average molecular weight is 210 g/mol. The van der Waals surface area contributed by atoms with Gasteiger partial charge in [0.15, 0.2) is 6.04 Å². The zero-order valence-corrected chi connectivity index (χ0v) is 7.70. The molecule has 2 amide bonds. The molecule has 1 aromatic carbocycles. The van der Waals surface area contributed by atoms with Crippen molar-refractivity contribution >= 4 is 12.0 Å². The van der Waals surface area contributed by atoms with Crippen LogP contribution in [0.1, 0.15) is 11.6 Å². The predicted molar refractivity (Wildman–Crippen MR) is 50.0 cm³/mol. The van der Waals surface area contributed by atoms with Crippen molar-refractivity contribution in [3.05, 3.63) is 35.9 Å². The molecule has 15 heavy (non-hydrogen) atoms. The van der Waals surface area contributed by atoms with E-state index in [0.717, 1.165) is 0 Å². The van der Waals surface area contributed by atoms with Crippen LogP contribution in [0.3, 0.4) is 0 Å². The number of amides is 2. The van der Waals surface area contributed by atoms with E-state index >= 15 is 0 Å². The summed E-state index contributed by atoms with van der Waals surface area (Å²) < 4.78 is 0. The summed E-state index contributed by atoms with van der Waals surface area (Å²) in [7, 11) is 0. The zero-order valence-electron chi connectivity index (χ0n) is 7.70. The van der Waals surface area contributed by atoms with Crippen molar-refractivity contribution < 1.29 is 19.9 Å². The van der Waals surface area contributed by atoms with E-state index in [2.05, 4.69) is 0 Å². The van der Waals surface area contributed by atoms with Gasteiger partial charge in [0.05, 0.1) is 0 Å². The Morgan fingerprint density at radius 1 is 1.27 bits per heavy atom. The first-order chi connectivity index (χ1) is 7.04. The van der Waals surface area contributed by atoms with Gasteiger partial charge in [0.2, 0.25) is 0 Å². The lowest BCUT2D eigenvalue weighted by molar-refractivity contribution is -0.157. The van der Waals surface area contributed by atoms with Gasteiger partial charge in [-0.25, -0.2) is 9.59 Å². The minimum atomic E-state index is -1.48. The van der Waals surface area contributed by atoms with Crippen LogP contribution in [0.15, 0.2) is 30.3 Å². The summed E-state index contributed by atoms with van der Waals surface area (Å²) >= 11 is 0. The van der Waals surface area contributed by atoms with E-state index in [1.807, 2.05) is 0 Å². The lowest BCUT2D eigenvalue weighted by atomic mass is 10.1. The second kappa shape index (κ2) is 4.43. The molecule has 80 valence electrons. The molecule has 0 spiro atoms. The molecule has 0 fully saturated rings. The van der Waals surface area contributed by atoms with Crippen LogP contribution in [0.5, 0.6) is 0 Å². The van der Waals surface area contributed by atoms with Gasteiger partial charge in [-0.1, -0.05) is 30.3 Å². The quantitative estimate of drug-likeness (QED) is 0.501. The monoisotopic (exact) mass is 210 g/mol. The Hall–Kier alpha value is -2.08. The van der Waals surface area contributed by atoms with Gasteiger partial charge in [-0.2, -0.15) is 5.06 Å². The van der Waals surface area contributed by atoms with E-state index in [1.54, 1.807) is 18.2 Å². The maximum Gasteiger partial charge on any atom is 0.339 e. The predicted octanol–water partition coefficient (Wildman–Crippen LogP) is 0.582. The highest BCUT2D eigenvalue weighted by Gasteiger charge is 2.28. The van der Waals surface area contributed by atoms with Gasteiger partial charge in [0.1, 0.15) is 0 Å². The number of primary amides is 1. The molecule has 1 rings (SSSR count). The highest BCUT2D eigenvalue weighted by Crippen LogP contribution is 2.18. The number of aliphatic carboxylic acids is 1. The highest BCUT2D eigenvalue weighted by molar-refractivity contribution is 5.81. The van der Waals surface area contributed by atoms with Crippen molar-refractivity contribution in [2.45, 2.75) is 6.04 Å². The standard InChI is InChI=1S/C9H10N2O4/c10-9(14)11(15)7(8(12)13)6-4-2-1-3-5-6/h1-5,7,15H,(H2,10,14)(H,12,13)/t7-/m1/s1. The van der Waals surface area contributed by atoms with Crippen LogP contribution in [0.25, 0.3) is 0 Å². The molecule has 0 aromatic heterocycles. The highest BCUT2D eigenvalue weighted by atomic mass is 16.5. The minimum Gasteiger partial charge on any atom is -0.479 e. The van der Waals surface area contributed by atoms with Crippen molar-refractivity contribution in [3.63, 3.8) is 0 Å². The van der Waals surface area contributed by atoms with Crippen molar-refractivity contribution in [1.82, 2.24) is 5.06 Å². The number of nitrogens with zero attached hydrogens (tertiary/aromatic N) is 1. The topological polar surface area (TPSA) is 104 Å². The number of benzene rings is 1. The van der Waals surface area contributed by atoms with Gasteiger partial charge in [-0.05, 0) is 5.56 Å². The third kappa shape index (κ3) is 2.44. The Kier molecular flexibility index (Phi) is 3.25. The molecule has 6 heteroatoms. The van der Waals surface area contributed by atoms with Gasteiger partial charge in [0, 0.05) is 0 Å². The molecule has 0 saturated carbocycles. The fourth-order valence-corrected chi connectivity index (χ4v) is 1.15. The Balaban J connectivity index is 3.04. The SMILES string of the molecule is NC(=O)N(O)[C@@H](C(=O)O)c1ccccc1. The zero-order chi connectivity index (χ0) is 11.4. The number of carboxylic acids is 1. The number of hydrogen-bond acceptors (Lipinski definition) is 3. The summed E-state index contributed by atoms with van der Waals surface area (Å²) in [6.07, 6.45) is 0. The van der Waals surface area contributed by atoms with Crippen molar-refractivity contribution in [2.75, 3.05) is 0 Å². The lowest BCUT2D eigenvalue weighted by Crippen LogP contribution is -2.39. The molecule has 0 aliphatic carbocycles. The van der Waals surface area contributed by atoms with Crippen molar-refractivity contribution in [3.8, 4) is 0 Å². The molecule has 1 atom stereocenters. The number of carbonyl (C=O) groups is 2. The van der Waals surface area contributed by atoms with Crippen LogP contribution in [-0.2, 0) is 4.79 Å². The van der Waals surface area contributed by atoms with E-state index in [4.69, 9.17) is 10.8 Å². The van der Waals surface area contributed by atoms with Gasteiger partial charge >= 0.3 is 12.0 Å². The number of nitrogens with two attached hydrogens (primary N) is 1. The molecular weight excluding hydrogens is 200 g/mol. The van der Waals surface area contributed by atoms with E-state index in [9.17, 15) is 14.8 Å². The number of carbonyl (C=O) groups excluding carboxylic acids is 1. The molecule has 1 aromatic rings. The molecule has 0 aliphatic heterocycles. The maximum atomic E-state index is 10.8. The Bertz CT molecular complexity index is 366. The fourth-order valence-electron chi connectivity index (χ4n) is 1.15. The minimum absolute atomic E-state index is 0.0162. The molecular formula is C9H10N2O4. The Labute approximate surface area is 85.5 Å². The molecule has 4 N–H and O–H groups in total. The summed E-state index contributed by atoms with van der Waals surface area (Å²) in [4.78, 5) is 21.5. The number of carboxylic acid groups (broad SMARTS) is 1. The van der Waals surface area contributed by atoms with Crippen LogP contribution in [0.2, 0.25) is 0 Å². The third-order valence-corrected chi connectivity index (χ3v) is 1.82. The van der Waals surface area contributed by atoms with E-state index in [-0.39, 0.29) is 10.6 Å². The number of urea groups is 1. The normalized spacial score (nSPS) is 11.8. The lowest BCUT2D eigenvalue weighted by Gasteiger charge is -2.20. The Morgan fingerprint density at radius 3 is 2.20 bits per heavy atom. The summed E-state index contributed by atoms with van der Waals surface area (Å²) in [6.45, 7) is 0. The second-order valence-corrected chi connectivity index (χ2v) is 2.83. The van der Waals surface area contributed by atoms with Crippen molar-refractivity contribution in [1.29, 1.82) is 0 Å². The first-order valence-electron chi connectivity index (χ1n) is 4.09. The summed E-state index contributed by atoms with van der Waals surface area (Å²) in [6, 6.07) is 5.14.